The summed E-state index contributed by atoms with van der Waals surface area (Å²) in [7, 11) is 0. The van der Waals surface area contributed by atoms with Crippen LogP contribution in [0.5, 0.6) is 0 Å². The number of Topliss-reactive ketones (excluding diaryl/α,β-unsaturated/α-hetero) is 1. The topological polar surface area (TPSA) is 60.2 Å². The van der Waals surface area contributed by atoms with E-state index in [1.807, 2.05) is 0 Å². The maximum atomic E-state index is 11.0. The molecule has 0 spiro atoms. The molecular weight excluding hydrogens is 154 g/mol. The summed E-state index contributed by atoms with van der Waals surface area (Å²) in [6.45, 7) is 1.49. The first-order valence-corrected chi connectivity index (χ1v) is 4.15. The number of primary amides is 1. The van der Waals surface area contributed by atoms with Gasteiger partial charge in [0.15, 0.2) is 5.78 Å². The SMILES string of the molecule is CC(=O)C1=C(C(N)=O)CCCC1. The molecule has 0 heterocycles. The molecule has 1 aliphatic carbocycles. The number of rotatable bonds is 2. The van der Waals surface area contributed by atoms with Crippen molar-refractivity contribution >= 4 is 11.7 Å². The number of ketones is 1. The summed E-state index contributed by atoms with van der Waals surface area (Å²) in [5, 5.41) is 0. The van der Waals surface area contributed by atoms with Gasteiger partial charge in [-0.15, -0.1) is 0 Å². The van der Waals surface area contributed by atoms with E-state index >= 15 is 0 Å². The largest absolute Gasteiger partial charge is 0.366 e. The van der Waals surface area contributed by atoms with Crippen LogP contribution in [-0.2, 0) is 9.59 Å². The van der Waals surface area contributed by atoms with Crippen LogP contribution in [0.3, 0.4) is 0 Å². The van der Waals surface area contributed by atoms with E-state index in [0.717, 1.165) is 12.8 Å². The molecule has 66 valence electrons. The lowest BCUT2D eigenvalue weighted by Crippen LogP contribution is -2.20. The number of nitrogens with two attached hydrogens (primary N) is 1. The summed E-state index contributed by atoms with van der Waals surface area (Å²) in [6.07, 6.45) is 3.35. The molecule has 0 bridgehead atoms. The third-order valence-electron chi connectivity index (χ3n) is 2.19. The van der Waals surface area contributed by atoms with Crippen molar-refractivity contribution in [2.75, 3.05) is 0 Å². The van der Waals surface area contributed by atoms with Crippen molar-refractivity contribution in [1.82, 2.24) is 0 Å². The molecule has 0 saturated carbocycles. The van der Waals surface area contributed by atoms with Crippen molar-refractivity contribution in [3.8, 4) is 0 Å². The number of carbonyl (C=O) groups excluding carboxylic acids is 2. The molecule has 1 rings (SSSR count). The second-order valence-electron chi connectivity index (χ2n) is 3.08. The van der Waals surface area contributed by atoms with E-state index in [-0.39, 0.29) is 5.78 Å². The first-order chi connectivity index (χ1) is 5.63. The van der Waals surface area contributed by atoms with Gasteiger partial charge in [-0.2, -0.15) is 0 Å². The molecule has 0 radical (unpaired) electrons. The Kier molecular flexibility index (Phi) is 2.63. The summed E-state index contributed by atoms with van der Waals surface area (Å²) in [5.74, 6) is -0.441. The Morgan fingerprint density at radius 2 is 1.67 bits per heavy atom. The number of amides is 1. The van der Waals surface area contributed by atoms with Crippen LogP contribution in [0, 0.1) is 0 Å². The van der Waals surface area contributed by atoms with Gasteiger partial charge in [0.1, 0.15) is 0 Å². The Balaban J connectivity index is 2.99. The predicted octanol–water partition coefficient (Wildman–Crippen LogP) is 0.931. The Labute approximate surface area is 71.6 Å². The van der Waals surface area contributed by atoms with Crippen molar-refractivity contribution < 1.29 is 9.59 Å². The van der Waals surface area contributed by atoms with Crippen LogP contribution < -0.4 is 5.73 Å². The summed E-state index contributed by atoms with van der Waals surface area (Å²) in [6, 6.07) is 0. The van der Waals surface area contributed by atoms with Gasteiger partial charge in [-0.3, -0.25) is 9.59 Å². The van der Waals surface area contributed by atoms with E-state index in [0.29, 0.717) is 24.0 Å². The fraction of sp³-hybridized carbons (Fsp3) is 0.556. The lowest BCUT2D eigenvalue weighted by Gasteiger charge is -2.15. The summed E-state index contributed by atoms with van der Waals surface area (Å²) in [4.78, 5) is 21.9. The molecule has 0 fully saturated rings. The van der Waals surface area contributed by atoms with Gasteiger partial charge in [0, 0.05) is 11.1 Å². The number of hydrogen-bond acceptors (Lipinski definition) is 2. The Morgan fingerprint density at radius 1 is 1.17 bits per heavy atom. The normalized spacial score (nSPS) is 17.8. The Hall–Kier alpha value is -1.12. The molecule has 2 N–H and O–H groups in total. The molecule has 0 aliphatic heterocycles. The maximum absolute atomic E-state index is 11.0. The van der Waals surface area contributed by atoms with E-state index in [9.17, 15) is 9.59 Å². The molecule has 3 nitrogen and oxygen atoms in total. The van der Waals surface area contributed by atoms with E-state index in [1.54, 1.807) is 0 Å². The summed E-state index contributed by atoms with van der Waals surface area (Å²) < 4.78 is 0. The van der Waals surface area contributed by atoms with Gasteiger partial charge in [0.05, 0.1) is 0 Å². The highest BCUT2D eigenvalue weighted by Crippen LogP contribution is 2.24. The van der Waals surface area contributed by atoms with Crippen LogP contribution in [-0.4, -0.2) is 11.7 Å². The van der Waals surface area contributed by atoms with Gasteiger partial charge in [-0.05, 0) is 32.6 Å². The Morgan fingerprint density at radius 3 is 2.00 bits per heavy atom. The van der Waals surface area contributed by atoms with Crippen LogP contribution in [0.4, 0.5) is 0 Å². The van der Waals surface area contributed by atoms with Gasteiger partial charge >= 0.3 is 0 Å². The minimum absolute atomic E-state index is 0.0106. The van der Waals surface area contributed by atoms with Gasteiger partial charge in [-0.25, -0.2) is 0 Å². The molecule has 12 heavy (non-hydrogen) atoms. The monoisotopic (exact) mass is 167 g/mol. The third-order valence-corrected chi connectivity index (χ3v) is 2.19. The molecule has 1 aliphatic rings. The van der Waals surface area contributed by atoms with Gasteiger partial charge in [0.25, 0.3) is 0 Å². The van der Waals surface area contributed by atoms with Crippen molar-refractivity contribution in [3.05, 3.63) is 11.1 Å². The molecule has 0 aromatic rings. The maximum Gasteiger partial charge on any atom is 0.245 e. The third kappa shape index (κ3) is 1.72. The first-order valence-electron chi connectivity index (χ1n) is 4.15. The number of hydrogen-bond donors (Lipinski definition) is 1. The predicted molar refractivity (Wildman–Crippen MR) is 45.4 cm³/mol. The van der Waals surface area contributed by atoms with Crippen molar-refractivity contribution in [2.24, 2.45) is 5.73 Å². The first kappa shape index (κ1) is 8.97. The number of carbonyl (C=O) groups is 2. The lowest BCUT2D eigenvalue weighted by molar-refractivity contribution is -0.117. The zero-order valence-corrected chi connectivity index (χ0v) is 7.22. The number of allylic oxidation sites excluding steroid dienone is 1. The molecular formula is C9H13NO2. The van der Waals surface area contributed by atoms with Gasteiger partial charge in [-0.1, -0.05) is 0 Å². The highest BCUT2D eigenvalue weighted by Gasteiger charge is 2.19. The molecule has 0 saturated heterocycles. The highest BCUT2D eigenvalue weighted by molar-refractivity contribution is 6.04. The summed E-state index contributed by atoms with van der Waals surface area (Å²) >= 11 is 0. The van der Waals surface area contributed by atoms with Gasteiger partial charge in [0.2, 0.25) is 5.91 Å². The molecule has 1 amide bonds. The van der Waals surface area contributed by atoms with E-state index in [2.05, 4.69) is 0 Å². The second kappa shape index (κ2) is 3.52. The van der Waals surface area contributed by atoms with Crippen LogP contribution in [0.1, 0.15) is 32.6 Å². The Bertz CT molecular complexity index is 227. The molecule has 0 aromatic heterocycles. The lowest BCUT2D eigenvalue weighted by atomic mass is 9.89. The standard InChI is InChI=1S/C9H13NO2/c1-6(11)7-4-2-3-5-8(7)9(10)12/h2-5H2,1H3,(H2,10,12). The average molecular weight is 167 g/mol. The van der Waals surface area contributed by atoms with Crippen molar-refractivity contribution in [3.63, 3.8) is 0 Å². The quantitative estimate of drug-likeness (QED) is 0.665. The van der Waals surface area contributed by atoms with Crippen LogP contribution in [0.15, 0.2) is 11.1 Å². The minimum Gasteiger partial charge on any atom is -0.366 e. The smallest absolute Gasteiger partial charge is 0.245 e. The zero-order valence-electron chi connectivity index (χ0n) is 7.22. The van der Waals surface area contributed by atoms with E-state index in [1.165, 1.54) is 6.92 Å². The molecule has 0 atom stereocenters. The van der Waals surface area contributed by atoms with E-state index in [4.69, 9.17) is 5.73 Å². The van der Waals surface area contributed by atoms with E-state index < -0.39 is 5.91 Å². The van der Waals surface area contributed by atoms with Crippen molar-refractivity contribution in [2.45, 2.75) is 32.6 Å². The molecule has 0 unspecified atom stereocenters. The fourth-order valence-electron chi connectivity index (χ4n) is 1.57. The zero-order chi connectivity index (χ0) is 9.14. The van der Waals surface area contributed by atoms with Crippen LogP contribution >= 0.6 is 0 Å². The minimum atomic E-state index is -0.431. The van der Waals surface area contributed by atoms with Gasteiger partial charge < -0.3 is 5.73 Å². The van der Waals surface area contributed by atoms with Crippen LogP contribution in [0.25, 0.3) is 0 Å². The summed E-state index contributed by atoms with van der Waals surface area (Å²) in [5.41, 5.74) is 6.34. The van der Waals surface area contributed by atoms with Crippen LogP contribution in [0.2, 0.25) is 0 Å². The molecule has 3 heteroatoms. The fourth-order valence-corrected chi connectivity index (χ4v) is 1.57. The second-order valence-corrected chi connectivity index (χ2v) is 3.08. The average Bonchev–Trinajstić information content (AvgIpc) is 2.04. The molecule has 0 aromatic carbocycles. The van der Waals surface area contributed by atoms with Crippen molar-refractivity contribution in [1.29, 1.82) is 0 Å². The highest BCUT2D eigenvalue weighted by atomic mass is 16.1.